The van der Waals surface area contributed by atoms with Crippen molar-refractivity contribution in [2.75, 3.05) is 13.7 Å². The molecular weight excluding hydrogens is 522 g/mol. The minimum absolute atomic E-state index is 0.0568. The number of hydrogen-bond donors (Lipinski definition) is 1. The summed E-state index contributed by atoms with van der Waals surface area (Å²) in [5.74, 6) is 0.879. The van der Waals surface area contributed by atoms with Crippen molar-refractivity contribution in [2.45, 2.75) is 19.4 Å². The van der Waals surface area contributed by atoms with Crippen molar-refractivity contribution in [1.82, 2.24) is 5.01 Å². The molecular formula is C32H27N3O4S. The van der Waals surface area contributed by atoms with E-state index in [4.69, 9.17) is 14.6 Å². The zero-order valence-corrected chi connectivity index (χ0v) is 22.9. The summed E-state index contributed by atoms with van der Waals surface area (Å²) in [5, 5.41) is 19.8. The number of aromatic hydroxyl groups is 1. The van der Waals surface area contributed by atoms with Gasteiger partial charge < -0.3 is 14.6 Å². The fourth-order valence-corrected chi connectivity index (χ4v) is 5.77. The largest absolute Gasteiger partial charge is 0.504 e. The molecule has 2 heterocycles. The van der Waals surface area contributed by atoms with Gasteiger partial charge in [0.25, 0.3) is 5.91 Å². The third-order valence-electron chi connectivity index (χ3n) is 6.88. The van der Waals surface area contributed by atoms with Crippen LogP contribution < -0.4 is 9.47 Å². The Kier molecular flexibility index (Phi) is 7.00. The lowest BCUT2D eigenvalue weighted by molar-refractivity contribution is -0.113. The van der Waals surface area contributed by atoms with E-state index in [0.717, 1.165) is 33.5 Å². The standard InChI is InChI=1S/C32H27N3O4S/c1-3-39-29-16-20(8-15-28(29)36)17-30-31(37)33-32(40-30)35-27(22-11-13-25(38-2)14-12-22)19-26(34-35)24-10-9-21-6-4-5-7-23(21)18-24/h4-18,27,36H,3,19H2,1-2H3/b30-17-. The molecule has 0 radical (unpaired) electrons. The number of ether oxygens (including phenoxy) is 2. The summed E-state index contributed by atoms with van der Waals surface area (Å²) in [5.41, 5.74) is 3.76. The van der Waals surface area contributed by atoms with Gasteiger partial charge in [0.05, 0.1) is 30.4 Å². The second-order valence-electron chi connectivity index (χ2n) is 9.42. The number of methoxy groups -OCH3 is 1. The smallest absolute Gasteiger partial charge is 0.286 e. The van der Waals surface area contributed by atoms with Gasteiger partial charge in [-0.2, -0.15) is 10.1 Å². The molecule has 8 heteroatoms. The van der Waals surface area contributed by atoms with E-state index in [0.29, 0.717) is 28.9 Å². The first-order valence-corrected chi connectivity index (χ1v) is 13.8. The molecule has 0 aliphatic carbocycles. The van der Waals surface area contributed by atoms with Gasteiger partial charge in [0.2, 0.25) is 0 Å². The van der Waals surface area contributed by atoms with Crippen LogP contribution in [0.1, 0.15) is 36.1 Å². The van der Waals surface area contributed by atoms with Crippen LogP contribution in [-0.2, 0) is 4.79 Å². The fraction of sp³-hybridized carbons (Fsp3) is 0.156. The van der Waals surface area contributed by atoms with E-state index in [1.54, 1.807) is 31.4 Å². The quantitative estimate of drug-likeness (QED) is 0.267. The van der Waals surface area contributed by atoms with E-state index in [1.807, 2.05) is 48.3 Å². The molecule has 1 unspecified atom stereocenters. The topological polar surface area (TPSA) is 83.7 Å². The number of hydrazone groups is 1. The number of amides is 1. The number of nitrogens with zero attached hydrogens (tertiary/aromatic N) is 3. The molecule has 0 saturated heterocycles. The number of benzene rings is 4. The Morgan fingerprint density at radius 3 is 2.60 bits per heavy atom. The number of carbonyl (C=O) groups excluding carboxylic acids is 1. The molecule has 4 aromatic carbocycles. The van der Waals surface area contributed by atoms with Crippen molar-refractivity contribution in [3.63, 3.8) is 0 Å². The van der Waals surface area contributed by atoms with E-state index in [-0.39, 0.29) is 17.7 Å². The van der Waals surface area contributed by atoms with Gasteiger partial charge in [-0.05, 0) is 82.6 Å². The molecule has 0 aromatic heterocycles. The SMILES string of the molecule is CCOc1cc(/C=C2\SC(N3N=C(c4ccc5ccccc5c4)CC3c3ccc(OC)cc3)=NC2=O)ccc1O. The first kappa shape index (κ1) is 25.7. The number of aliphatic imine (C=N–C) groups is 1. The van der Waals surface area contributed by atoms with E-state index in [2.05, 4.69) is 35.3 Å². The molecule has 200 valence electrons. The summed E-state index contributed by atoms with van der Waals surface area (Å²) < 4.78 is 10.9. The maximum Gasteiger partial charge on any atom is 0.286 e. The number of fused-ring (bicyclic) bond motifs is 1. The highest BCUT2D eigenvalue weighted by Gasteiger charge is 2.36. The number of amidine groups is 1. The average Bonchev–Trinajstić information content (AvgIpc) is 3.58. The Hall–Kier alpha value is -4.56. The van der Waals surface area contributed by atoms with E-state index in [9.17, 15) is 9.90 Å². The fourth-order valence-electron chi connectivity index (χ4n) is 4.85. The van der Waals surface area contributed by atoms with Crippen molar-refractivity contribution >= 4 is 45.4 Å². The van der Waals surface area contributed by atoms with Crippen LogP contribution in [-0.4, -0.2) is 40.6 Å². The lowest BCUT2D eigenvalue weighted by atomic mass is 9.97. The number of carbonyl (C=O) groups is 1. The molecule has 2 aliphatic heterocycles. The maximum absolute atomic E-state index is 13.0. The third kappa shape index (κ3) is 5.05. The summed E-state index contributed by atoms with van der Waals surface area (Å²) in [6, 6.07) is 27.4. The van der Waals surface area contributed by atoms with Crippen LogP contribution >= 0.6 is 11.8 Å². The summed E-state index contributed by atoms with van der Waals surface area (Å²) in [4.78, 5) is 17.9. The summed E-state index contributed by atoms with van der Waals surface area (Å²) in [6.07, 6.45) is 2.42. The molecule has 0 bridgehead atoms. The van der Waals surface area contributed by atoms with Crippen molar-refractivity contribution < 1.29 is 19.4 Å². The molecule has 1 atom stereocenters. The summed E-state index contributed by atoms with van der Waals surface area (Å²) in [6.45, 7) is 2.27. The van der Waals surface area contributed by atoms with Gasteiger partial charge in [-0.3, -0.25) is 4.79 Å². The number of phenolic OH excluding ortho intramolecular Hbond substituents is 1. The van der Waals surface area contributed by atoms with Crippen LogP contribution in [0.3, 0.4) is 0 Å². The predicted molar refractivity (Wildman–Crippen MR) is 160 cm³/mol. The molecule has 1 amide bonds. The maximum atomic E-state index is 13.0. The summed E-state index contributed by atoms with van der Waals surface area (Å²) >= 11 is 1.29. The van der Waals surface area contributed by atoms with E-state index in [1.165, 1.54) is 17.1 Å². The highest BCUT2D eigenvalue weighted by Crippen LogP contribution is 2.40. The Bertz CT molecular complexity index is 1690. The van der Waals surface area contributed by atoms with Gasteiger partial charge in [0.15, 0.2) is 16.7 Å². The lowest BCUT2D eigenvalue weighted by Crippen LogP contribution is -2.23. The van der Waals surface area contributed by atoms with Crippen LogP contribution in [0.2, 0.25) is 0 Å². The zero-order chi connectivity index (χ0) is 27.6. The van der Waals surface area contributed by atoms with Crippen molar-refractivity contribution in [1.29, 1.82) is 0 Å². The monoisotopic (exact) mass is 549 g/mol. The molecule has 6 rings (SSSR count). The first-order valence-electron chi connectivity index (χ1n) is 13.0. The molecule has 1 N–H and O–H groups in total. The molecule has 0 fully saturated rings. The third-order valence-corrected chi connectivity index (χ3v) is 7.85. The van der Waals surface area contributed by atoms with Crippen LogP contribution in [0, 0.1) is 0 Å². The molecule has 0 spiro atoms. The highest BCUT2D eigenvalue weighted by molar-refractivity contribution is 8.18. The normalized spacial score (nSPS) is 17.9. The Balaban J connectivity index is 1.34. The van der Waals surface area contributed by atoms with Crippen LogP contribution in [0.4, 0.5) is 0 Å². The van der Waals surface area contributed by atoms with Gasteiger partial charge in [0.1, 0.15) is 5.75 Å². The van der Waals surface area contributed by atoms with E-state index >= 15 is 0 Å². The van der Waals surface area contributed by atoms with Crippen LogP contribution in [0.5, 0.6) is 17.2 Å². The zero-order valence-electron chi connectivity index (χ0n) is 22.1. The van der Waals surface area contributed by atoms with Crippen molar-refractivity contribution in [3.8, 4) is 17.2 Å². The number of thioether (sulfide) groups is 1. The number of hydrogen-bond acceptors (Lipinski definition) is 7. The second-order valence-corrected chi connectivity index (χ2v) is 10.4. The average molecular weight is 550 g/mol. The lowest BCUT2D eigenvalue weighted by Gasteiger charge is -2.22. The molecule has 0 saturated carbocycles. The van der Waals surface area contributed by atoms with Crippen LogP contribution in [0.25, 0.3) is 16.8 Å². The summed E-state index contributed by atoms with van der Waals surface area (Å²) in [7, 11) is 1.65. The minimum Gasteiger partial charge on any atom is -0.504 e. The second kappa shape index (κ2) is 10.9. The van der Waals surface area contributed by atoms with Gasteiger partial charge >= 0.3 is 0 Å². The Morgan fingerprint density at radius 1 is 1.02 bits per heavy atom. The van der Waals surface area contributed by atoms with Crippen molar-refractivity contribution in [2.24, 2.45) is 10.1 Å². The van der Waals surface area contributed by atoms with Crippen molar-refractivity contribution in [3.05, 3.63) is 107 Å². The highest BCUT2D eigenvalue weighted by atomic mass is 32.2. The molecule has 2 aliphatic rings. The predicted octanol–water partition coefficient (Wildman–Crippen LogP) is 6.77. The van der Waals surface area contributed by atoms with Gasteiger partial charge in [0, 0.05) is 6.42 Å². The Morgan fingerprint density at radius 2 is 1.82 bits per heavy atom. The number of phenols is 1. The first-order chi connectivity index (χ1) is 19.5. The molecule has 4 aromatic rings. The van der Waals surface area contributed by atoms with Crippen LogP contribution in [0.15, 0.2) is 99.9 Å². The van der Waals surface area contributed by atoms with E-state index < -0.39 is 0 Å². The van der Waals surface area contributed by atoms with Gasteiger partial charge in [-0.15, -0.1) is 0 Å². The minimum atomic E-state index is -0.325. The molecule has 7 nitrogen and oxygen atoms in total. The van der Waals surface area contributed by atoms with Gasteiger partial charge in [-0.1, -0.05) is 54.6 Å². The van der Waals surface area contributed by atoms with Gasteiger partial charge in [-0.25, -0.2) is 5.01 Å². The number of rotatable bonds is 6. The molecule has 40 heavy (non-hydrogen) atoms. The Labute approximate surface area is 236 Å².